The Balaban J connectivity index is 1.55. The second-order valence-electron chi connectivity index (χ2n) is 5.82. The Kier molecular flexibility index (Phi) is 7.89. The number of nitro benzene ring substituents is 1. The summed E-state index contributed by atoms with van der Waals surface area (Å²) in [5.41, 5.74) is 2.17. The summed E-state index contributed by atoms with van der Waals surface area (Å²) < 4.78 is 5.13. The summed E-state index contributed by atoms with van der Waals surface area (Å²) in [6.45, 7) is 0.831. The maximum atomic E-state index is 11.6. The first kappa shape index (κ1) is 19.7. The predicted octanol–water partition coefficient (Wildman–Crippen LogP) is 4.54. The van der Waals surface area contributed by atoms with Crippen LogP contribution in [0.25, 0.3) is 0 Å². The molecule has 0 saturated heterocycles. The summed E-state index contributed by atoms with van der Waals surface area (Å²) in [5.74, 6) is 0. The maximum absolute atomic E-state index is 11.6. The number of unbranched alkanes of at least 4 members (excludes halogenated alkanes) is 1. The van der Waals surface area contributed by atoms with E-state index in [9.17, 15) is 14.9 Å². The molecule has 0 heterocycles. The Morgan fingerprint density at radius 3 is 2.54 bits per heavy atom. The molecule has 2 aromatic carbocycles. The highest BCUT2D eigenvalue weighted by Gasteiger charge is 2.04. The number of rotatable bonds is 9. The third-order valence-electron chi connectivity index (χ3n) is 3.81. The first-order valence-electron chi connectivity index (χ1n) is 8.43. The molecule has 1 N–H and O–H groups in total. The summed E-state index contributed by atoms with van der Waals surface area (Å²) in [4.78, 5) is 21.8. The van der Waals surface area contributed by atoms with Crippen LogP contribution in [0.1, 0.15) is 24.0 Å². The number of carbonyl (C=O) groups excluding carboxylic acids is 1. The molecule has 0 fully saturated rings. The van der Waals surface area contributed by atoms with E-state index >= 15 is 0 Å². The molecule has 0 atom stereocenters. The second kappa shape index (κ2) is 10.4. The van der Waals surface area contributed by atoms with Crippen molar-refractivity contribution in [2.45, 2.75) is 25.7 Å². The van der Waals surface area contributed by atoms with Crippen molar-refractivity contribution in [3.8, 4) is 0 Å². The molecular formula is C19H21ClN2O4. The van der Waals surface area contributed by atoms with Gasteiger partial charge >= 0.3 is 6.09 Å². The minimum absolute atomic E-state index is 0.0894. The number of nitrogens with one attached hydrogen (secondary N) is 1. The molecule has 7 heteroatoms. The quantitative estimate of drug-likeness (QED) is 0.395. The van der Waals surface area contributed by atoms with Crippen molar-refractivity contribution in [3.05, 3.63) is 74.8 Å². The first-order chi connectivity index (χ1) is 12.5. The number of nitro groups is 1. The number of carbonyl (C=O) groups is 1. The largest absolute Gasteiger partial charge is 0.450 e. The van der Waals surface area contributed by atoms with Crippen LogP contribution in [-0.4, -0.2) is 24.2 Å². The van der Waals surface area contributed by atoms with Crippen LogP contribution in [0, 0.1) is 10.1 Å². The SMILES string of the molecule is O=C(NCCc1cccc(Cl)c1)OCCCCc1ccc([N+](=O)[O-])cc1. The van der Waals surface area contributed by atoms with Gasteiger partial charge in [-0.25, -0.2) is 4.79 Å². The molecule has 6 nitrogen and oxygen atoms in total. The Hall–Kier alpha value is -2.60. The molecule has 2 rings (SSSR count). The van der Waals surface area contributed by atoms with Crippen LogP contribution in [0.3, 0.4) is 0 Å². The predicted molar refractivity (Wildman–Crippen MR) is 101 cm³/mol. The number of ether oxygens (including phenoxy) is 1. The molecule has 138 valence electrons. The van der Waals surface area contributed by atoms with Crippen LogP contribution in [0.2, 0.25) is 5.02 Å². The molecule has 0 radical (unpaired) electrons. The summed E-state index contributed by atoms with van der Waals surface area (Å²) in [6, 6.07) is 14.0. The number of amides is 1. The van der Waals surface area contributed by atoms with Crippen LogP contribution in [0.15, 0.2) is 48.5 Å². The zero-order chi connectivity index (χ0) is 18.8. The molecule has 0 unspecified atom stereocenters. The molecule has 0 aromatic heterocycles. The van der Waals surface area contributed by atoms with E-state index in [1.165, 1.54) is 12.1 Å². The van der Waals surface area contributed by atoms with E-state index < -0.39 is 11.0 Å². The number of benzene rings is 2. The van der Waals surface area contributed by atoms with Gasteiger partial charge in [0.1, 0.15) is 0 Å². The number of non-ortho nitro benzene ring substituents is 1. The van der Waals surface area contributed by atoms with E-state index in [0.717, 1.165) is 30.4 Å². The normalized spacial score (nSPS) is 10.3. The molecule has 0 aliphatic heterocycles. The lowest BCUT2D eigenvalue weighted by molar-refractivity contribution is -0.384. The highest BCUT2D eigenvalue weighted by molar-refractivity contribution is 6.30. The second-order valence-corrected chi connectivity index (χ2v) is 6.26. The lowest BCUT2D eigenvalue weighted by atomic mass is 10.1. The van der Waals surface area contributed by atoms with Gasteiger partial charge < -0.3 is 10.1 Å². The highest BCUT2D eigenvalue weighted by Crippen LogP contribution is 2.13. The molecule has 1 amide bonds. The fourth-order valence-electron chi connectivity index (χ4n) is 2.43. The van der Waals surface area contributed by atoms with Gasteiger partial charge in [-0.2, -0.15) is 0 Å². The summed E-state index contributed by atoms with van der Waals surface area (Å²) >= 11 is 5.91. The number of alkyl carbamates (subject to hydrolysis) is 1. The fraction of sp³-hybridized carbons (Fsp3) is 0.316. The maximum Gasteiger partial charge on any atom is 0.407 e. The van der Waals surface area contributed by atoms with Crippen LogP contribution < -0.4 is 5.32 Å². The van der Waals surface area contributed by atoms with Gasteiger partial charge in [0.25, 0.3) is 5.69 Å². The number of hydrogen-bond acceptors (Lipinski definition) is 4. The molecule has 0 aliphatic rings. The molecule has 2 aromatic rings. The molecule has 0 bridgehead atoms. The number of nitrogens with zero attached hydrogens (tertiary/aromatic N) is 1. The van der Waals surface area contributed by atoms with Gasteiger partial charge in [0, 0.05) is 23.7 Å². The average Bonchev–Trinajstić information content (AvgIpc) is 2.62. The Morgan fingerprint density at radius 2 is 1.85 bits per heavy atom. The van der Waals surface area contributed by atoms with Gasteiger partial charge in [-0.3, -0.25) is 10.1 Å². The number of halogens is 1. The van der Waals surface area contributed by atoms with E-state index in [-0.39, 0.29) is 5.69 Å². The van der Waals surface area contributed by atoms with Crippen molar-refractivity contribution in [3.63, 3.8) is 0 Å². The van der Waals surface area contributed by atoms with Crippen LogP contribution in [-0.2, 0) is 17.6 Å². The van der Waals surface area contributed by atoms with Gasteiger partial charge in [-0.15, -0.1) is 0 Å². The third-order valence-corrected chi connectivity index (χ3v) is 4.05. The van der Waals surface area contributed by atoms with Gasteiger partial charge in [0.05, 0.1) is 11.5 Å². The zero-order valence-corrected chi connectivity index (χ0v) is 15.1. The lowest BCUT2D eigenvalue weighted by Crippen LogP contribution is -2.26. The van der Waals surface area contributed by atoms with E-state index in [2.05, 4.69) is 5.32 Å². The Labute approximate surface area is 157 Å². The van der Waals surface area contributed by atoms with E-state index in [0.29, 0.717) is 24.6 Å². The van der Waals surface area contributed by atoms with Crippen molar-refractivity contribution >= 4 is 23.4 Å². The molecule has 26 heavy (non-hydrogen) atoms. The van der Waals surface area contributed by atoms with Gasteiger partial charge in [-0.05, 0) is 48.9 Å². The Bertz CT molecular complexity index is 735. The van der Waals surface area contributed by atoms with E-state index in [1.54, 1.807) is 12.1 Å². The van der Waals surface area contributed by atoms with Gasteiger partial charge in [-0.1, -0.05) is 35.9 Å². The minimum atomic E-state index is -0.428. The van der Waals surface area contributed by atoms with Gasteiger partial charge in [0.15, 0.2) is 0 Å². The van der Waals surface area contributed by atoms with Crippen LogP contribution in [0.4, 0.5) is 10.5 Å². The van der Waals surface area contributed by atoms with Crippen molar-refractivity contribution in [1.82, 2.24) is 5.32 Å². The molecule has 0 spiro atoms. The van der Waals surface area contributed by atoms with Crippen LogP contribution in [0.5, 0.6) is 0 Å². The minimum Gasteiger partial charge on any atom is -0.450 e. The number of aryl methyl sites for hydroxylation is 1. The molecular weight excluding hydrogens is 356 g/mol. The van der Waals surface area contributed by atoms with Crippen molar-refractivity contribution in [1.29, 1.82) is 0 Å². The monoisotopic (exact) mass is 376 g/mol. The lowest BCUT2D eigenvalue weighted by Gasteiger charge is -2.07. The van der Waals surface area contributed by atoms with Gasteiger partial charge in [0.2, 0.25) is 0 Å². The summed E-state index contributed by atoms with van der Waals surface area (Å²) in [5, 5.41) is 14.0. The smallest absolute Gasteiger partial charge is 0.407 e. The van der Waals surface area contributed by atoms with E-state index in [1.807, 2.05) is 24.3 Å². The third kappa shape index (κ3) is 7.11. The summed E-state index contributed by atoms with van der Waals surface area (Å²) in [6.07, 6.45) is 2.63. The Morgan fingerprint density at radius 1 is 1.08 bits per heavy atom. The topological polar surface area (TPSA) is 81.5 Å². The first-order valence-corrected chi connectivity index (χ1v) is 8.81. The van der Waals surface area contributed by atoms with E-state index in [4.69, 9.17) is 16.3 Å². The average molecular weight is 377 g/mol. The van der Waals surface area contributed by atoms with Crippen molar-refractivity contribution in [2.24, 2.45) is 0 Å². The standard InChI is InChI=1S/C19H21ClN2O4/c20-17-6-3-5-16(14-17)11-12-21-19(23)26-13-2-1-4-15-7-9-18(10-8-15)22(24)25/h3,5-10,14H,1-2,4,11-13H2,(H,21,23). The van der Waals surface area contributed by atoms with Crippen molar-refractivity contribution in [2.75, 3.05) is 13.2 Å². The summed E-state index contributed by atoms with van der Waals surface area (Å²) in [7, 11) is 0. The zero-order valence-electron chi connectivity index (χ0n) is 14.3. The highest BCUT2D eigenvalue weighted by atomic mass is 35.5. The molecule has 0 saturated carbocycles. The number of hydrogen-bond donors (Lipinski definition) is 1. The van der Waals surface area contributed by atoms with Crippen LogP contribution >= 0.6 is 11.6 Å². The van der Waals surface area contributed by atoms with Crippen molar-refractivity contribution < 1.29 is 14.5 Å². The fourth-order valence-corrected chi connectivity index (χ4v) is 2.65. The molecule has 0 aliphatic carbocycles.